The number of anilines is 2. The Hall–Kier alpha value is -3.24. The predicted molar refractivity (Wildman–Crippen MR) is 122 cm³/mol. The largest absolute Gasteiger partial charge is 0.497 e. The molecule has 2 aromatic rings. The first kappa shape index (κ1) is 22.4. The molecule has 1 fully saturated rings. The summed E-state index contributed by atoms with van der Waals surface area (Å²) in [6, 6.07) is 17.7. The molecule has 0 aromatic heterocycles. The molecule has 3 rings (SSSR count). The minimum absolute atomic E-state index is 0.00856. The zero-order valence-corrected chi connectivity index (χ0v) is 18.3. The molecule has 0 aliphatic carbocycles. The Labute approximate surface area is 184 Å². The Balaban J connectivity index is 1.59. The Morgan fingerprint density at radius 2 is 1.84 bits per heavy atom. The summed E-state index contributed by atoms with van der Waals surface area (Å²) in [5, 5.41) is 9.02. The molecule has 7 nitrogen and oxygen atoms in total. The number of rotatable bonds is 9. The van der Waals surface area contributed by atoms with Crippen LogP contribution in [0.1, 0.15) is 13.3 Å². The third-order valence-corrected chi connectivity index (χ3v) is 5.36. The van der Waals surface area contributed by atoms with E-state index in [1.165, 1.54) is 0 Å². The van der Waals surface area contributed by atoms with E-state index in [9.17, 15) is 4.79 Å². The highest BCUT2D eigenvalue weighted by Gasteiger charge is 2.23. The van der Waals surface area contributed by atoms with Crippen molar-refractivity contribution in [3.63, 3.8) is 0 Å². The standard InChI is InChI=1S/C24H30N4O3/c1-3-31-22-10-8-20(9-11-22)28(13-5-12-25)24(29)19-26-14-16-27(17-15-26)21-6-4-7-23(18-21)30-2/h4,6-11,18H,3,5,13-17,19H2,1-2H3. The van der Waals surface area contributed by atoms with Gasteiger partial charge < -0.3 is 19.3 Å². The number of amides is 1. The maximum Gasteiger partial charge on any atom is 0.241 e. The first-order chi connectivity index (χ1) is 15.1. The maximum atomic E-state index is 13.1. The Kier molecular flexibility index (Phi) is 8.13. The molecule has 7 heteroatoms. The lowest BCUT2D eigenvalue weighted by molar-refractivity contribution is -0.119. The number of piperazine rings is 1. The highest BCUT2D eigenvalue weighted by Crippen LogP contribution is 2.23. The molecule has 1 amide bonds. The number of carbonyl (C=O) groups excluding carboxylic acids is 1. The van der Waals surface area contributed by atoms with Crippen molar-refractivity contribution in [2.75, 3.05) is 62.8 Å². The van der Waals surface area contributed by atoms with Gasteiger partial charge in [-0.25, -0.2) is 0 Å². The molecule has 1 saturated heterocycles. The number of ether oxygens (including phenoxy) is 2. The van der Waals surface area contributed by atoms with E-state index in [0.717, 1.165) is 49.1 Å². The predicted octanol–water partition coefficient (Wildman–Crippen LogP) is 3.16. The van der Waals surface area contributed by atoms with E-state index in [-0.39, 0.29) is 5.91 Å². The zero-order chi connectivity index (χ0) is 22.1. The van der Waals surface area contributed by atoms with E-state index in [4.69, 9.17) is 14.7 Å². The number of methoxy groups -OCH3 is 1. The molecule has 164 valence electrons. The topological polar surface area (TPSA) is 69.0 Å². The van der Waals surface area contributed by atoms with Crippen LogP contribution in [-0.2, 0) is 4.79 Å². The van der Waals surface area contributed by atoms with Crippen molar-refractivity contribution < 1.29 is 14.3 Å². The van der Waals surface area contributed by atoms with Gasteiger partial charge in [0.15, 0.2) is 0 Å². The van der Waals surface area contributed by atoms with Crippen molar-refractivity contribution in [1.29, 1.82) is 5.26 Å². The fourth-order valence-electron chi connectivity index (χ4n) is 3.70. The van der Waals surface area contributed by atoms with Crippen LogP contribution in [0.5, 0.6) is 11.5 Å². The van der Waals surface area contributed by atoms with Gasteiger partial charge >= 0.3 is 0 Å². The van der Waals surface area contributed by atoms with Crippen molar-refractivity contribution in [3.05, 3.63) is 48.5 Å². The first-order valence-electron chi connectivity index (χ1n) is 10.7. The fourth-order valence-corrected chi connectivity index (χ4v) is 3.70. The van der Waals surface area contributed by atoms with Crippen LogP contribution in [0.4, 0.5) is 11.4 Å². The van der Waals surface area contributed by atoms with Gasteiger partial charge in [-0.1, -0.05) is 6.07 Å². The average molecular weight is 423 g/mol. The van der Waals surface area contributed by atoms with Gasteiger partial charge in [0.25, 0.3) is 0 Å². The van der Waals surface area contributed by atoms with Gasteiger partial charge in [0.1, 0.15) is 11.5 Å². The highest BCUT2D eigenvalue weighted by molar-refractivity contribution is 5.94. The maximum absolute atomic E-state index is 13.1. The van der Waals surface area contributed by atoms with Crippen molar-refractivity contribution in [2.45, 2.75) is 13.3 Å². The quantitative estimate of drug-likeness (QED) is 0.618. The van der Waals surface area contributed by atoms with Crippen molar-refractivity contribution >= 4 is 17.3 Å². The molecule has 0 spiro atoms. The fraction of sp³-hybridized carbons (Fsp3) is 0.417. The summed E-state index contributed by atoms with van der Waals surface area (Å²) in [7, 11) is 1.67. The van der Waals surface area contributed by atoms with Crippen LogP contribution in [-0.4, -0.2) is 63.8 Å². The molecular weight excluding hydrogens is 392 g/mol. The van der Waals surface area contributed by atoms with Gasteiger partial charge in [-0.15, -0.1) is 0 Å². The molecular formula is C24H30N4O3. The summed E-state index contributed by atoms with van der Waals surface area (Å²) in [5.41, 5.74) is 1.93. The first-order valence-corrected chi connectivity index (χ1v) is 10.7. The van der Waals surface area contributed by atoms with E-state index < -0.39 is 0 Å². The second-order valence-corrected chi connectivity index (χ2v) is 7.35. The molecule has 0 radical (unpaired) electrons. The molecule has 1 heterocycles. The van der Waals surface area contributed by atoms with Crippen LogP contribution in [0, 0.1) is 11.3 Å². The SMILES string of the molecule is CCOc1ccc(N(CCC#N)C(=O)CN2CCN(c3cccc(OC)c3)CC2)cc1. The van der Waals surface area contributed by atoms with E-state index in [1.807, 2.05) is 49.4 Å². The molecule has 0 atom stereocenters. The number of hydrogen-bond donors (Lipinski definition) is 0. The number of hydrogen-bond acceptors (Lipinski definition) is 6. The van der Waals surface area contributed by atoms with Gasteiger partial charge in [-0.3, -0.25) is 9.69 Å². The average Bonchev–Trinajstić information content (AvgIpc) is 2.81. The minimum Gasteiger partial charge on any atom is -0.497 e. The molecule has 0 bridgehead atoms. The molecule has 0 saturated carbocycles. The van der Waals surface area contributed by atoms with Crippen molar-refractivity contribution in [3.8, 4) is 17.6 Å². The summed E-state index contributed by atoms with van der Waals surface area (Å²) in [4.78, 5) is 19.3. The van der Waals surface area contributed by atoms with Crippen LogP contribution in [0.25, 0.3) is 0 Å². The molecule has 0 N–H and O–H groups in total. The molecule has 2 aromatic carbocycles. The summed E-state index contributed by atoms with van der Waals surface area (Å²) < 4.78 is 10.8. The van der Waals surface area contributed by atoms with Gasteiger partial charge in [-0.05, 0) is 43.3 Å². The number of carbonyl (C=O) groups is 1. The second kappa shape index (κ2) is 11.2. The second-order valence-electron chi connectivity index (χ2n) is 7.35. The van der Waals surface area contributed by atoms with E-state index in [0.29, 0.717) is 26.1 Å². The zero-order valence-electron chi connectivity index (χ0n) is 18.3. The highest BCUT2D eigenvalue weighted by atomic mass is 16.5. The summed E-state index contributed by atoms with van der Waals surface area (Å²) in [6.45, 7) is 6.56. The van der Waals surface area contributed by atoms with Crippen molar-refractivity contribution in [2.24, 2.45) is 0 Å². The van der Waals surface area contributed by atoms with E-state index in [2.05, 4.69) is 21.9 Å². The smallest absolute Gasteiger partial charge is 0.241 e. The Morgan fingerprint density at radius 1 is 1.10 bits per heavy atom. The molecule has 1 aliphatic heterocycles. The minimum atomic E-state index is 0.00856. The van der Waals surface area contributed by atoms with Crippen LogP contribution >= 0.6 is 0 Å². The van der Waals surface area contributed by atoms with Crippen molar-refractivity contribution in [1.82, 2.24) is 4.90 Å². The molecule has 31 heavy (non-hydrogen) atoms. The third kappa shape index (κ3) is 6.12. The Bertz CT molecular complexity index is 886. The lowest BCUT2D eigenvalue weighted by Gasteiger charge is -2.36. The van der Waals surface area contributed by atoms with Gasteiger partial charge in [-0.2, -0.15) is 5.26 Å². The lowest BCUT2D eigenvalue weighted by Crippen LogP contribution is -2.50. The number of nitriles is 1. The van der Waals surface area contributed by atoms with E-state index in [1.54, 1.807) is 12.0 Å². The van der Waals surface area contributed by atoms with Crippen LogP contribution in [0.2, 0.25) is 0 Å². The third-order valence-electron chi connectivity index (χ3n) is 5.36. The molecule has 1 aliphatic rings. The molecule has 0 unspecified atom stereocenters. The van der Waals surface area contributed by atoms with Crippen LogP contribution < -0.4 is 19.3 Å². The normalized spacial score (nSPS) is 14.0. The summed E-state index contributed by atoms with van der Waals surface area (Å²) in [5.74, 6) is 1.63. The lowest BCUT2D eigenvalue weighted by atomic mass is 10.2. The van der Waals surface area contributed by atoms with Crippen LogP contribution in [0.15, 0.2) is 48.5 Å². The van der Waals surface area contributed by atoms with E-state index >= 15 is 0 Å². The monoisotopic (exact) mass is 422 g/mol. The van der Waals surface area contributed by atoms with Gasteiger partial charge in [0.2, 0.25) is 5.91 Å². The van der Waals surface area contributed by atoms with Gasteiger partial charge in [0, 0.05) is 50.2 Å². The number of nitrogens with zero attached hydrogens (tertiary/aromatic N) is 4. The van der Waals surface area contributed by atoms with Gasteiger partial charge in [0.05, 0.1) is 32.8 Å². The van der Waals surface area contributed by atoms with Crippen LogP contribution in [0.3, 0.4) is 0 Å². The summed E-state index contributed by atoms with van der Waals surface area (Å²) >= 11 is 0. The summed E-state index contributed by atoms with van der Waals surface area (Å²) in [6.07, 6.45) is 0.294. The number of benzene rings is 2. The Morgan fingerprint density at radius 3 is 2.48 bits per heavy atom.